The lowest BCUT2D eigenvalue weighted by Crippen LogP contribution is -2.28. The van der Waals surface area contributed by atoms with Gasteiger partial charge in [0, 0.05) is 13.2 Å². The molecule has 0 aliphatic rings. The molecule has 0 radical (unpaired) electrons. The van der Waals surface area contributed by atoms with Gasteiger partial charge in [0.1, 0.15) is 6.04 Å². The van der Waals surface area contributed by atoms with Crippen LogP contribution in [-0.2, 0) is 4.79 Å². The summed E-state index contributed by atoms with van der Waals surface area (Å²) in [6, 6.07) is 1.64. The number of aromatic nitrogens is 2. The molecule has 66 valence electrons. The van der Waals surface area contributed by atoms with Crippen molar-refractivity contribution in [2.45, 2.75) is 19.9 Å². The lowest BCUT2D eigenvalue weighted by Gasteiger charge is -2.09. The van der Waals surface area contributed by atoms with Gasteiger partial charge < -0.3 is 5.32 Å². The van der Waals surface area contributed by atoms with Gasteiger partial charge in [0.25, 0.3) is 0 Å². The topological polar surface area (TPSA) is 46.9 Å². The highest BCUT2D eigenvalue weighted by atomic mass is 16.2. The van der Waals surface area contributed by atoms with Crippen LogP contribution in [0.3, 0.4) is 0 Å². The van der Waals surface area contributed by atoms with Crippen LogP contribution in [0.1, 0.15) is 18.7 Å². The Kier molecular flexibility index (Phi) is 2.47. The maximum atomic E-state index is 11.1. The summed E-state index contributed by atoms with van der Waals surface area (Å²) in [7, 11) is 1.62. The Morgan fingerprint density at radius 1 is 1.75 bits per heavy atom. The van der Waals surface area contributed by atoms with Gasteiger partial charge in [-0.05, 0) is 19.9 Å². The van der Waals surface area contributed by atoms with Gasteiger partial charge in [0.15, 0.2) is 0 Å². The quantitative estimate of drug-likeness (QED) is 0.697. The molecule has 1 rings (SSSR count). The molecule has 1 aromatic rings. The van der Waals surface area contributed by atoms with E-state index in [0.29, 0.717) is 0 Å². The predicted molar refractivity (Wildman–Crippen MR) is 45.7 cm³/mol. The van der Waals surface area contributed by atoms with Crippen LogP contribution in [0.4, 0.5) is 0 Å². The van der Waals surface area contributed by atoms with Gasteiger partial charge in [-0.3, -0.25) is 9.48 Å². The Labute approximate surface area is 71.6 Å². The number of hydrogen-bond acceptors (Lipinski definition) is 2. The van der Waals surface area contributed by atoms with Crippen LogP contribution in [0.5, 0.6) is 0 Å². The minimum Gasteiger partial charge on any atom is -0.357 e. The molecule has 1 amide bonds. The van der Waals surface area contributed by atoms with Gasteiger partial charge in [-0.15, -0.1) is 0 Å². The number of carbonyl (C=O) groups excluding carboxylic acids is 1. The fourth-order valence-electron chi connectivity index (χ4n) is 0.978. The molecule has 4 nitrogen and oxygen atoms in total. The first-order chi connectivity index (χ1) is 5.65. The van der Waals surface area contributed by atoms with Crippen LogP contribution in [-0.4, -0.2) is 22.7 Å². The molecule has 0 spiro atoms. The highest BCUT2D eigenvalue weighted by Gasteiger charge is 2.12. The van der Waals surface area contributed by atoms with E-state index in [4.69, 9.17) is 0 Å². The molecule has 1 unspecified atom stereocenters. The molecule has 0 saturated heterocycles. The number of amides is 1. The summed E-state index contributed by atoms with van der Waals surface area (Å²) in [5.74, 6) is -0.0295. The molecule has 1 atom stereocenters. The van der Waals surface area contributed by atoms with Crippen molar-refractivity contribution in [3.8, 4) is 0 Å². The van der Waals surface area contributed by atoms with Gasteiger partial charge in [-0.1, -0.05) is 0 Å². The van der Waals surface area contributed by atoms with E-state index in [0.717, 1.165) is 5.69 Å². The largest absolute Gasteiger partial charge is 0.357 e. The first kappa shape index (κ1) is 8.77. The Morgan fingerprint density at radius 3 is 2.83 bits per heavy atom. The first-order valence-corrected chi connectivity index (χ1v) is 3.88. The number of carbonyl (C=O) groups is 1. The molecule has 4 heteroatoms. The molecular weight excluding hydrogens is 154 g/mol. The maximum Gasteiger partial charge on any atom is 0.244 e. The van der Waals surface area contributed by atoms with Gasteiger partial charge in [-0.2, -0.15) is 5.10 Å². The zero-order valence-corrected chi connectivity index (χ0v) is 7.53. The van der Waals surface area contributed by atoms with Crippen LogP contribution >= 0.6 is 0 Å². The summed E-state index contributed by atoms with van der Waals surface area (Å²) in [4.78, 5) is 11.1. The van der Waals surface area contributed by atoms with Crippen LogP contribution < -0.4 is 5.32 Å². The molecule has 1 heterocycles. The van der Waals surface area contributed by atoms with E-state index in [9.17, 15) is 4.79 Å². The van der Waals surface area contributed by atoms with Crippen molar-refractivity contribution < 1.29 is 4.79 Å². The number of nitrogens with one attached hydrogen (secondary N) is 1. The minimum atomic E-state index is -0.233. The van der Waals surface area contributed by atoms with Crippen LogP contribution in [0, 0.1) is 6.92 Å². The molecule has 0 saturated carbocycles. The zero-order chi connectivity index (χ0) is 9.14. The molecule has 1 aromatic heterocycles. The summed E-state index contributed by atoms with van der Waals surface area (Å²) in [5, 5.41) is 6.71. The van der Waals surface area contributed by atoms with Crippen molar-refractivity contribution in [1.29, 1.82) is 0 Å². The Hall–Kier alpha value is -1.32. The van der Waals surface area contributed by atoms with Gasteiger partial charge >= 0.3 is 0 Å². The molecule has 0 bridgehead atoms. The van der Waals surface area contributed by atoms with Crippen molar-refractivity contribution in [2.24, 2.45) is 0 Å². The summed E-state index contributed by atoms with van der Waals surface area (Å²) in [6.45, 7) is 3.71. The van der Waals surface area contributed by atoms with Crippen molar-refractivity contribution in [1.82, 2.24) is 15.1 Å². The Balaban J connectivity index is 2.77. The van der Waals surface area contributed by atoms with Crippen molar-refractivity contribution >= 4 is 5.91 Å². The van der Waals surface area contributed by atoms with Crippen molar-refractivity contribution in [2.75, 3.05) is 7.05 Å². The first-order valence-electron chi connectivity index (χ1n) is 3.88. The standard InChI is InChI=1S/C8H13N3O/c1-6-4-5-11(10-6)7(2)8(12)9-3/h4-5,7H,1-3H3,(H,9,12). The number of likely N-dealkylation sites (N-methyl/N-ethyl adjacent to an activating group) is 1. The zero-order valence-electron chi connectivity index (χ0n) is 7.53. The fourth-order valence-corrected chi connectivity index (χ4v) is 0.978. The van der Waals surface area contributed by atoms with Crippen LogP contribution in [0.2, 0.25) is 0 Å². The van der Waals surface area contributed by atoms with Gasteiger partial charge in [0.2, 0.25) is 5.91 Å². The predicted octanol–water partition coefficient (Wildman–Crippen LogP) is 0.499. The number of aryl methyl sites for hydroxylation is 1. The van der Waals surface area contributed by atoms with E-state index < -0.39 is 0 Å². The molecule has 0 aliphatic heterocycles. The van der Waals surface area contributed by atoms with E-state index in [1.807, 2.05) is 19.9 Å². The molecule has 12 heavy (non-hydrogen) atoms. The Morgan fingerprint density at radius 2 is 2.42 bits per heavy atom. The third-order valence-electron chi connectivity index (χ3n) is 1.76. The molecule has 0 aliphatic carbocycles. The number of nitrogens with zero attached hydrogens (tertiary/aromatic N) is 2. The maximum absolute atomic E-state index is 11.1. The normalized spacial score (nSPS) is 12.6. The minimum absolute atomic E-state index is 0.0295. The van der Waals surface area contributed by atoms with E-state index >= 15 is 0 Å². The van der Waals surface area contributed by atoms with E-state index in [2.05, 4.69) is 10.4 Å². The second kappa shape index (κ2) is 3.38. The number of rotatable bonds is 2. The smallest absolute Gasteiger partial charge is 0.244 e. The van der Waals surface area contributed by atoms with E-state index in [1.165, 1.54) is 0 Å². The second-order valence-corrected chi connectivity index (χ2v) is 2.73. The summed E-state index contributed by atoms with van der Waals surface area (Å²) < 4.78 is 1.65. The van der Waals surface area contributed by atoms with Crippen molar-refractivity contribution in [3.05, 3.63) is 18.0 Å². The summed E-state index contributed by atoms with van der Waals surface area (Å²) in [5.41, 5.74) is 0.922. The van der Waals surface area contributed by atoms with Gasteiger partial charge in [-0.25, -0.2) is 0 Å². The SMILES string of the molecule is CNC(=O)C(C)n1ccc(C)n1. The highest BCUT2D eigenvalue weighted by molar-refractivity contribution is 5.79. The average Bonchev–Trinajstić information content (AvgIpc) is 2.49. The van der Waals surface area contributed by atoms with Gasteiger partial charge in [0.05, 0.1) is 5.69 Å². The third kappa shape index (κ3) is 1.64. The lowest BCUT2D eigenvalue weighted by atomic mass is 10.3. The molecule has 0 fully saturated rings. The molecular formula is C8H13N3O. The summed E-state index contributed by atoms with van der Waals surface area (Å²) >= 11 is 0. The van der Waals surface area contributed by atoms with Crippen LogP contribution in [0.15, 0.2) is 12.3 Å². The second-order valence-electron chi connectivity index (χ2n) is 2.73. The Bertz CT molecular complexity index is 280. The highest BCUT2D eigenvalue weighted by Crippen LogP contribution is 2.04. The van der Waals surface area contributed by atoms with Crippen LogP contribution in [0.25, 0.3) is 0 Å². The average molecular weight is 167 g/mol. The molecule has 0 aromatic carbocycles. The van der Waals surface area contributed by atoms with E-state index in [-0.39, 0.29) is 11.9 Å². The molecule has 1 N–H and O–H groups in total. The van der Waals surface area contributed by atoms with E-state index in [1.54, 1.807) is 17.9 Å². The van der Waals surface area contributed by atoms with Crippen molar-refractivity contribution in [3.63, 3.8) is 0 Å². The monoisotopic (exact) mass is 167 g/mol. The fraction of sp³-hybridized carbons (Fsp3) is 0.500. The lowest BCUT2D eigenvalue weighted by molar-refractivity contribution is -0.123. The summed E-state index contributed by atoms with van der Waals surface area (Å²) in [6.07, 6.45) is 1.80. The number of hydrogen-bond donors (Lipinski definition) is 1. The third-order valence-corrected chi connectivity index (χ3v) is 1.76.